The Morgan fingerprint density at radius 3 is 2.82 bits per heavy atom. The number of hydrogen-bond acceptors (Lipinski definition) is 7. The van der Waals surface area contributed by atoms with Gasteiger partial charge in [-0.3, -0.25) is 4.68 Å². The Bertz CT molecular complexity index is 1170. The molecular formula is C21H26F2N8O2. The molecule has 0 unspecified atom stereocenters. The summed E-state index contributed by atoms with van der Waals surface area (Å²) in [5, 5.41) is 7.95. The molecule has 2 aromatic heterocycles. The number of carbonyl (C=O) groups excluding carboxylic acids is 1. The molecule has 4 rings (SSSR count). The van der Waals surface area contributed by atoms with Gasteiger partial charge >= 0.3 is 12.6 Å². The molecule has 1 saturated heterocycles. The summed E-state index contributed by atoms with van der Waals surface area (Å²) in [6.45, 7) is 2.39. The number of carbonyl (C=O) groups is 1. The van der Waals surface area contributed by atoms with Gasteiger partial charge in [0.05, 0.1) is 11.6 Å². The quantitative estimate of drug-likeness (QED) is 0.602. The second kappa shape index (κ2) is 9.04. The van der Waals surface area contributed by atoms with Crippen molar-refractivity contribution in [3.8, 4) is 5.75 Å². The van der Waals surface area contributed by atoms with E-state index in [4.69, 9.17) is 5.73 Å². The summed E-state index contributed by atoms with van der Waals surface area (Å²) in [6, 6.07) is 4.19. The summed E-state index contributed by atoms with van der Waals surface area (Å²) in [6.07, 6.45) is 2.51. The molecule has 12 heteroatoms. The van der Waals surface area contributed by atoms with Crippen molar-refractivity contribution in [2.24, 2.45) is 7.05 Å². The van der Waals surface area contributed by atoms with Crippen LogP contribution in [0, 0.1) is 6.92 Å². The predicted molar refractivity (Wildman–Crippen MR) is 121 cm³/mol. The number of hydrogen-bond donors (Lipinski definition) is 2. The molecule has 10 nitrogen and oxygen atoms in total. The highest BCUT2D eigenvalue weighted by Gasteiger charge is 2.31. The number of benzene rings is 1. The van der Waals surface area contributed by atoms with E-state index in [0.29, 0.717) is 42.4 Å². The van der Waals surface area contributed by atoms with E-state index < -0.39 is 6.61 Å². The first-order valence-corrected chi connectivity index (χ1v) is 10.6. The third-order valence-electron chi connectivity index (χ3n) is 5.77. The van der Waals surface area contributed by atoms with Crippen molar-refractivity contribution in [3.63, 3.8) is 0 Å². The Balaban J connectivity index is 1.49. The van der Waals surface area contributed by atoms with Gasteiger partial charge in [-0.05, 0) is 37.1 Å². The largest absolute Gasteiger partial charge is 0.435 e. The van der Waals surface area contributed by atoms with Crippen LogP contribution in [0.3, 0.4) is 0 Å². The van der Waals surface area contributed by atoms with E-state index in [0.717, 1.165) is 11.8 Å². The molecule has 1 aliphatic rings. The van der Waals surface area contributed by atoms with Crippen molar-refractivity contribution in [2.45, 2.75) is 32.9 Å². The fourth-order valence-corrected chi connectivity index (χ4v) is 4.06. The lowest BCUT2D eigenvalue weighted by atomic mass is 10.1. The van der Waals surface area contributed by atoms with Crippen LogP contribution in [-0.2, 0) is 7.05 Å². The lowest BCUT2D eigenvalue weighted by Gasteiger charge is -2.42. The Morgan fingerprint density at radius 2 is 2.12 bits per heavy atom. The third kappa shape index (κ3) is 4.59. The SMILES string of the molecule is CC[C@H]1CN(C(=O)Nc2ccc(OC(F)F)cc2C)CCN1c1nc(N)nc2c1cnn2C. The van der Waals surface area contributed by atoms with Crippen LogP contribution in [-0.4, -0.2) is 63.0 Å². The lowest BCUT2D eigenvalue weighted by Crippen LogP contribution is -2.56. The highest BCUT2D eigenvalue weighted by atomic mass is 19.3. The van der Waals surface area contributed by atoms with Crippen molar-refractivity contribution in [3.05, 3.63) is 30.0 Å². The van der Waals surface area contributed by atoms with Gasteiger partial charge in [-0.1, -0.05) is 6.92 Å². The van der Waals surface area contributed by atoms with Gasteiger partial charge in [0.15, 0.2) is 5.65 Å². The number of nitrogens with zero attached hydrogens (tertiary/aromatic N) is 6. The average molecular weight is 460 g/mol. The molecule has 0 aliphatic carbocycles. The standard InChI is InChI=1S/C21H26F2N8O2/c1-4-13-11-30(21(32)26-16-6-5-14(9-12(16)2)33-19(22)23)7-8-31(13)18-15-10-25-29(3)17(15)27-20(24)28-18/h5-6,9-10,13,19H,4,7-8,11H2,1-3H3,(H,26,32)(H2,24,27,28)/t13-/m0/s1. The normalized spacial score (nSPS) is 16.5. The maximum atomic E-state index is 12.9. The van der Waals surface area contributed by atoms with Crippen LogP contribution in [0.1, 0.15) is 18.9 Å². The summed E-state index contributed by atoms with van der Waals surface area (Å²) in [7, 11) is 1.80. The molecule has 3 aromatic rings. The monoisotopic (exact) mass is 460 g/mol. The molecule has 0 spiro atoms. The molecule has 3 heterocycles. The molecule has 1 fully saturated rings. The zero-order valence-electron chi connectivity index (χ0n) is 18.6. The Morgan fingerprint density at radius 1 is 1.33 bits per heavy atom. The van der Waals surface area contributed by atoms with E-state index in [2.05, 4.69) is 36.9 Å². The maximum Gasteiger partial charge on any atom is 0.387 e. The molecule has 0 saturated carbocycles. The number of anilines is 3. The van der Waals surface area contributed by atoms with Crippen molar-refractivity contribution in [1.29, 1.82) is 0 Å². The zero-order valence-corrected chi connectivity index (χ0v) is 18.6. The van der Waals surface area contributed by atoms with Gasteiger partial charge in [0.1, 0.15) is 11.6 Å². The number of aryl methyl sites for hydroxylation is 2. The van der Waals surface area contributed by atoms with Crippen LogP contribution in [0.4, 0.5) is 31.0 Å². The predicted octanol–water partition coefficient (Wildman–Crippen LogP) is 2.99. The summed E-state index contributed by atoms with van der Waals surface area (Å²) < 4.78 is 30.9. The molecular weight excluding hydrogens is 434 g/mol. The number of nitrogen functional groups attached to an aromatic ring is 1. The summed E-state index contributed by atoms with van der Waals surface area (Å²) in [5.41, 5.74) is 7.77. The lowest BCUT2D eigenvalue weighted by molar-refractivity contribution is -0.0498. The number of alkyl halides is 2. The van der Waals surface area contributed by atoms with Crippen molar-refractivity contribution >= 4 is 34.5 Å². The van der Waals surface area contributed by atoms with Crippen LogP contribution in [0.25, 0.3) is 11.0 Å². The van der Waals surface area contributed by atoms with Crippen molar-refractivity contribution in [2.75, 3.05) is 35.6 Å². The van der Waals surface area contributed by atoms with Gasteiger partial charge in [0.2, 0.25) is 5.95 Å². The second-order valence-electron chi connectivity index (χ2n) is 7.90. The number of nitrogens with one attached hydrogen (secondary N) is 1. The Hall–Kier alpha value is -3.70. The van der Waals surface area contributed by atoms with Crippen LogP contribution in [0.5, 0.6) is 5.75 Å². The van der Waals surface area contributed by atoms with Gasteiger partial charge in [0.25, 0.3) is 0 Å². The smallest absolute Gasteiger partial charge is 0.387 e. The molecule has 33 heavy (non-hydrogen) atoms. The minimum atomic E-state index is -2.90. The van der Waals surface area contributed by atoms with Crippen LogP contribution in [0.2, 0.25) is 0 Å². The number of aromatic nitrogens is 4. The number of piperazine rings is 1. The van der Waals surface area contributed by atoms with Crippen LogP contribution in [0.15, 0.2) is 24.4 Å². The minimum absolute atomic E-state index is 0.0186. The van der Waals surface area contributed by atoms with Crippen LogP contribution >= 0.6 is 0 Å². The molecule has 1 aromatic carbocycles. The number of nitrogens with two attached hydrogens (primary N) is 1. The average Bonchev–Trinajstić information content (AvgIpc) is 3.14. The summed E-state index contributed by atoms with van der Waals surface area (Å²) in [5.74, 6) is 0.930. The van der Waals surface area contributed by atoms with Gasteiger partial charge in [-0.15, -0.1) is 0 Å². The highest BCUT2D eigenvalue weighted by Crippen LogP contribution is 2.29. The Labute approximate surface area is 189 Å². The van der Waals surface area contributed by atoms with Gasteiger partial charge < -0.3 is 25.6 Å². The minimum Gasteiger partial charge on any atom is -0.435 e. The number of urea groups is 1. The molecule has 3 N–H and O–H groups in total. The van der Waals surface area contributed by atoms with Crippen molar-refractivity contribution in [1.82, 2.24) is 24.6 Å². The first-order valence-electron chi connectivity index (χ1n) is 10.6. The van der Waals surface area contributed by atoms with Gasteiger partial charge in [-0.25, -0.2) is 4.79 Å². The van der Waals surface area contributed by atoms with E-state index >= 15 is 0 Å². The molecule has 0 bridgehead atoms. The van der Waals surface area contributed by atoms with E-state index in [-0.39, 0.29) is 23.8 Å². The Kier molecular flexibility index (Phi) is 6.16. The number of ether oxygens (including phenoxy) is 1. The fourth-order valence-electron chi connectivity index (χ4n) is 4.06. The van der Waals surface area contributed by atoms with E-state index in [1.807, 2.05) is 0 Å². The molecule has 176 valence electrons. The number of halogens is 2. The summed E-state index contributed by atoms with van der Waals surface area (Å²) in [4.78, 5) is 25.6. The topological polar surface area (TPSA) is 114 Å². The highest BCUT2D eigenvalue weighted by molar-refractivity contribution is 5.91. The molecule has 2 amide bonds. The third-order valence-corrected chi connectivity index (χ3v) is 5.77. The van der Waals surface area contributed by atoms with Crippen LogP contribution < -0.4 is 20.7 Å². The summed E-state index contributed by atoms with van der Waals surface area (Å²) >= 11 is 0. The molecule has 0 radical (unpaired) electrons. The van der Waals surface area contributed by atoms with Crippen molar-refractivity contribution < 1.29 is 18.3 Å². The van der Waals surface area contributed by atoms with E-state index in [1.54, 1.807) is 35.8 Å². The molecule has 1 atom stereocenters. The number of fused-ring (bicyclic) bond motifs is 1. The zero-order chi connectivity index (χ0) is 23.7. The first-order chi connectivity index (χ1) is 15.8. The van der Waals surface area contributed by atoms with E-state index in [9.17, 15) is 13.6 Å². The maximum absolute atomic E-state index is 12.9. The first kappa shape index (κ1) is 22.5. The number of amides is 2. The van der Waals surface area contributed by atoms with Gasteiger partial charge in [-0.2, -0.15) is 23.8 Å². The second-order valence-corrected chi connectivity index (χ2v) is 7.90. The number of rotatable bonds is 5. The molecule has 1 aliphatic heterocycles. The van der Waals surface area contributed by atoms with Gasteiger partial charge in [0, 0.05) is 38.4 Å². The van der Waals surface area contributed by atoms with E-state index in [1.165, 1.54) is 12.1 Å². The fraction of sp³-hybridized carbons (Fsp3) is 0.429.